The van der Waals surface area contributed by atoms with Crippen molar-refractivity contribution in [3.63, 3.8) is 0 Å². The minimum Gasteiger partial charge on any atom is -0.507 e. The van der Waals surface area contributed by atoms with E-state index < -0.39 is 17.7 Å². The first kappa shape index (κ1) is 18.8. The van der Waals surface area contributed by atoms with E-state index in [1.165, 1.54) is 4.90 Å². The highest BCUT2D eigenvalue weighted by Gasteiger charge is 2.45. The molecule has 0 radical (unpaired) electrons. The van der Waals surface area contributed by atoms with Gasteiger partial charge in [0.25, 0.3) is 11.7 Å². The van der Waals surface area contributed by atoms with Gasteiger partial charge in [0.05, 0.1) is 18.2 Å². The Morgan fingerprint density at radius 2 is 1.50 bits per heavy atom. The number of carbonyl (C=O) groups is 2. The van der Waals surface area contributed by atoms with E-state index >= 15 is 0 Å². The van der Waals surface area contributed by atoms with Crippen LogP contribution >= 0.6 is 31.9 Å². The summed E-state index contributed by atoms with van der Waals surface area (Å²) in [6, 6.07) is 13.2. The predicted octanol–water partition coefficient (Wildman–Crippen LogP) is 3.63. The molecule has 0 aliphatic carbocycles. The summed E-state index contributed by atoms with van der Waals surface area (Å²) in [5.74, 6) is -1.72. The lowest BCUT2D eigenvalue weighted by Crippen LogP contribution is -2.32. The molecule has 1 fully saturated rings. The van der Waals surface area contributed by atoms with Gasteiger partial charge in [-0.3, -0.25) is 9.59 Å². The summed E-state index contributed by atoms with van der Waals surface area (Å²) >= 11 is 6.68. The molecule has 5 nitrogen and oxygen atoms in total. The van der Waals surface area contributed by atoms with E-state index in [1.54, 1.807) is 48.5 Å². The maximum Gasteiger partial charge on any atom is 0.295 e. The third-order valence-corrected chi connectivity index (χ3v) is 5.24. The van der Waals surface area contributed by atoms with Crippen molar-refractivity contribution in [3.05, 3.63) is 74.2 Å². The fraction of sp³-hybridized carbons (Fsp3) is 0.158. The molecule has 0 saturated carbocycles. The van der Waals surface area contributed by atoms with Gasteiger partial charge in [0.1, 0.15) is 5.76 Å². The zero-order chi connectivity index (χ0) is 18.8. The average molecular weight is 481 g/mol. The number of hydrogen-bond acceptors (Lipinski definition) is 4. The summed E-state index contributed by atoms with van der Waals surface area (Å²) in [5.41, 5.74) is 1.14. The highest BCUT2D eigenvalue weighted by molar-refractivity contribution is 9.10. The number of rotatable bonds is 4. The zero-order valence-electron chi connectivity index (χ0n) is 13.5. The van der Waals surface area contributed by atoms with Gasteiger partial charge in [-0.05, 0) is 29.8 Å². The molecule has 1 amide bonds. The van der Waals surface area contributed by atoms with E-state index in [9.17, 15) is 19.8 Å². The molecule has 1 atom stereocenters. The number of ketones is 1. The summed E-state index contributed by atoms with van der Waals surface area (Å²) < 4.78 is 1.69. The molecule has 1 unspecified atom stereocenters. The van der Waals surface area contributed by atoms with Crippen LogP contribution in [-0.2, 0) is 9.59 Å². The largest absolute Gasteiger partial charge is 0.507 e. The fourth-order valence-corrected chi connectivity index (χ4v) is 3.50. The van der Waals surface area contributed by atoms with Crippen LogP contribution in [0.1, 0.15) is 17.2 Å². The van der Waals surface area contributed by atoms with Crippen molar-refractivity contribution in [3.8, 4) is 0 Å². The number of aliphatic hydroxyl groups is 2. The first-order valence-electron chi connectivity index (χ1n) is 7.84. The monoisotopic (exact) mass is 479 g/mol. The van der Waals surface area contributed by atoms with Crippen molar-refractivity contribution in [1.29, 1.82) is 0 Å². The van der Waals surface area contributed by atoms with Crippen molar-refractivity contribution < 1.29 is 19.8 Å². The number of aliphatic hydroxyl groups excluding tert-OH is 2. The number of β-amino-alcohol motifs (C(OH)–C–C–N with tert-alkyl or cyclic N) is 1. The normalized spacial score (nSPS) is 19.2. The Hall–Kier alpha value is -1.96. The predicted molar refractivity (Wildman–Crippen MR) is 104 cm³/mol. The molecule has 1 aliphatic heterocycles. The van der Waals surface area contributed by atoms with Crippen molar-refractivity contribution in [2.45, 2.75) is 6.04 Å². The van der Waals surface area contributed by atoms with Gasteiger partial charge in [-0.1, -0.05) is 56.1 Å². The van der Waals surface area contributed by atoms with Crippen molar-refractivity contribution in [2.75, 3.05) is 13.2 Å². The van der Waals surface area contributed by atoms with Gasteiger partial charge in [-0.15, -0.1) is 0 Å². The van der Waals surface area contributed by atoms with Gasteiger partial charge in [-0.25, -0.2) is 0 Å². The maximum absolute atomic E-state index is 12.6. The molecule has 134 valence electrons. The molecule has 1 heterocycles. The van der Waals surface area contributed by atoms with Gasteiger partial charge in [0.15, 0.2) is 0 Å². The van der Waals surface area contributed by atoms with E-state index in [1.807, 2.05) is 0 Å². The Kier molecular flexibility index (Phi) is 5.60. The third-order valence-electron chi connectivity index (χ3n) is 4.18. The minimum absolute atomic E-state index is 0.00240. The molecule has 7 heteroatoms. The minimum atomic E-state index is -0.758. The lowest BCUT2D eigenvalue weighted by atomic mass is 9.95. The molecule has 0 spiro atoms. The number of halogens is 2. The SMILES string of the molecule is O=C1C(=O)N(CCO)C(c2ccc(Br)cc2)/C1=C(/O)c1ccc(Br)cc1. The molecule has 0 bridgehead atoms. The second-order valence-electron chi connectivity index (χ2n) is 5.77. The summed E-state index contributed by atoms with van der Waals surface area (Å²) in [5, 5.41) is 20.1. The molecule has 1 aliphatic rings. The molecular formula is C19H15Br2NO4. The van der Waals surface area contributed by atoms with E-state index in [-0.39, 0.29) is 24.5 Å². The lowest BCUT2D eigenvalue weighted by Gasteiger charge is -2.24. The van der Waals surface area contributed by atoms with Gasteiger partial charge in [-0.2, -0.15) is 0 Å². The number of nitrogens with zero attached hydrogens (tertiary/aromatic N) is 1. The van der Waals surface area contributed by atoms with Crippen LogP contribution in [0.4, 0.5) is 0 Å². The Labute approximate surface area is 167 Å². The van der Waals surface area contributed by atoms with Crippen LogP contribution in [0.5, 0.6) is 0 Å². The maximum atomic E-state index is 12.6. The molecule has 1 saturated heterocycles. The standard InChI is InChI=1S/C19H15Br2NO4/c20-13-5-1-11(2-6-13)16-15(18(25)19(26)22(16)9-10-23)17(24)12-3-7-14(21)8-4-12/h1-8,16,23-24H,9-10H2/b17-15-. The Morgan fingerprint density at radius 1 is 0.962 bits per heavy atom. The van der Waals surface area contributed by atoms with E-state index in [0.717, 1.165) is 8.95 Å². The number of carbonyl (C=O) groups excluding carboxylic acids is 2. The first-order chi connectivity index (χ1) is 12.4. The highest BCUT2D eigenvalue weighted by Crippen LogP contribution is 2.39. The van der Waals surface area contributed by atoms with Crippen LogP contribution in [0, 0.1) is 0 Å². The zero-order valence-corrected chi connectivity index (χ0v) is 16.7. The van der Waals surface area contributed by atoms with E-state index in [4.69, 9.17) is 0 Å². The lowest BCUT2D eigenvalue weighted by molar-refractivity contribution is -0.140. The van der Waals surface area contributed by atoms with Crippen molar-refractivity contribution >= 4 is 49.3 Å². The molecule has 26 heavy (non-hydrogen) atoms. The number of amides is 1. The van der Waals surface area contributed by atoms with Crippen LogP contribution in [-0.4, -0.2) is 40.0 Å². The Morgan fingerprint density at radius 3 is 2.04 bits per heavy atom. The van der Waals surface area contributed by atoms with Gasteiger partial charge >= 0.3 is 0 Å². The molecule has 2 N–H and O–H groups in total. The van der Waals surface area contributed by atoms with Crippen LogP contribution in [0.15, 0.2) is 63.0 Å². The average Bonchev–Trinajstić information content (AvgIpc) is 2.88. The molecule has 0 aromatic heterocycles. The number of Topliss-reactive ketones (excluding diaryl/α,β-unsaturated/α-hetero) is 1. The van der Waals surface area contributed by atoms with E-state index in [0.29, 0.717) is 11.1 Å². The first-order valence-corrected chi connectivity index (χ1v) is 9.43. The fourth-order valence-electron chi connectivity index (χ4n) is 2.97. The number of hydrogen-bond donors (Lipinski definition) is 2. The highest BCUT2D eigenvalue weighted by atomic mass is 79.9. The number of benzene rings is 2. The smallest absolute Gasteiger partial charge is 0.295 e. The topological polar surface area (TPSA) is 77.8 Å². The van der Waals surface area contributed by atoms with E-state index in [2.05, 4.69) is 31.9 Å². The molecule has 3 rings (SSSR count). The van der Waals surface area contributed by atoms with Gasteiger partial charge in [0, 0.05) is 21.1 Å². The second-order valence-corrected chi connectivity index (χ2v) is 7.61. The summed E-state index contributed by atoms with van der Waals surface area (Å²) in [6.45, 7) is -0.277. The number of likely N-dealkylation sites (tertiary alicyclic amines) is 1. The van der Waals surface area contributed by atoms with Gasteiger partial charge in [0.2, 0.25) is 0 Å². The van der Waals surface area contributed by atoms with Crippen LogP contribution in [0.2, 0.25) is 0 Å². The summed E-state index contributed by atoms with van der Waals surface area (Å²) in [4.78, 5) is 26.4. The quantitative estimate of drug-likeness (QED) is 0.398. The van der Waals surface area contributed by atoms with Crippen LogP contribution in [0.25, 0.3) is 5.76 Å². The second kappa shape index (κ2) is 7.73. The van der Waals surface area contributed by atoms with Gasteiger partial charge < -0.3 is 15.1 Å². The van der Waals surface area contributed by atoms with Crippen LogP contribution < -0.4 is 0 Å². The van der Waals surface area contributed by atoms with Crippen LogP contribution in [0.3, 0.4) is 0 Å². The molecule has 2 aromatic carbocycles. The Bertz CT molecular complexity index is 875. The third kappa shape index (κ3) is 3.47. The summed E-state index contributed by atoms with van der Waals surface area (Å²) in [6.07, 6.45) is 0. The Balaban J connectivity index is 2.17. The molecule has 2 aromatic rings. The van der Waals surface area contributed by atoms with Crippen molar-refractivity contribution in [1.82, 2.24) is 4.90 Å². The summed E-state index contributed by atoms with van der Waals surface area (Å²) in [7, 11) is 0. The van der Waals surface area contributed by atoms with Crippen molar-refractivity contribution in [2.24, 2.45) is 0 Å². The molecular weight excluding hydrogens is 466 g/mol.